The Hall–Kier alpha value is -4.48. The van der Waals surface area contributed by atoms with E-state index in [9.17, 15) is 14.9 Å². The molecule has 0 saturated heterocycles. The van der Waals surface area contributed by atoms with Crippen molar-refractivity contribution in [3.05, 3.63) is 132 Å². The molecule has 4 aromatic carbocycles. The lowest BCUT2D eigenvalue weighted by molar-refractivity contribution is -0.384. The summed E-state index contributed by atoms with van der Waals surface area (Å²) in [6.45, 7) is 0.115. The van der Waals surface area contributed by atoms with Crippen LogP contribution in [0.5, 0.6) is 5.75 Å². The average Bonchev–Trinajstić information content (AvgIpc) is 3.46. The Kier molecular flexibility index (Phi) is 9.53. The number of thiazole rings is 1. The molecule has 0 saturated carbocycles. The van der Waals surface area contributed by atoms with Crippen molar-refractivity contribution in [2.24, 2.45) is 5.10 Å². The van der Waals surface area contributed by atoms with Crippen molar-refractivity contribution in [3.63, 3.8) is 0 Å². The van der Waals surface area contributed by atoms with Gasteiger partial charge in [-0.2, -0.15) is 5.10 Å². The number of hydrazone groups is 1. The van der Waals surface area contributed by atoms with E-state index < -0.39 is 10.8 Å². The number of carbonyl (C=O) groups is 1. The first-order valence-electron chi connectivity index (χ1n) is 12.5. The first-order chi connectivity index (χ1) is 20.7. The average molecular weight is 653 g/mol. The third-order valence-electron chi connectivity index (χ3n) is 5.97. The number of nitro groups is 1. The van der Waals surface area contributed by atoms with E-state index in [1.807, 2.05) is 29.6 Å². The molecule has 0 aliphatic heterocycles. The largest absolute Gasteiger partial charge is 0.486 e. The van der Waals surface area contributed by atoms with Gasteiger partial charge in [-0.05, 0) is 71.8 Å². The van der Waals surface area contributed by atoms with Gasteiger partial charge in [-0.3, -0.25) is 14.9 Å². The van der Waals surface area contributed by atoms with Crippen LogP contribution < -0.4 is 15.5 Å². The SMILES string of the molecule is O=C(N/N=C\c1cc(Cl)c(OCc2ccc([N+](=O)[O-])cc2)c(Cl)c1)c1ccc(-c2csc(Nc3ccc(Cl)cc3)n2)cc1. The number of aromatic nitrogens is 1. The van der Waals surface area contributed by atoms with E-state index in [4.69, 9.17) is 39.5 Å². The fraction of sp³-hybridized carbons (Fsp3) is 0.0333. The molecule has 1 heterocycles. The molecule has 0 fully saturated rings. The molecule has 2 N–H and O–H groups in total. The van der Waals surface area contributed by atoms with Crippen LogP contribution in [0, 0.1) is 10.1 Å². The second-order valence-electron chi connectivity index (χ2n) is 8.97. The summed E-state index contributed by atoms with van der Waals surface area (Å²) >= 11 is 20.1. The Labute approximate surface area is 264 Å². The topological polar surface area (TPSA) is 119 Å². The second-order valence-corrected chi connectivity index (χ2v) is 11.1. The third-order valence-corrected chi connectivity index (χ3v) is 7.54. The summed E-state index contributed by atoms with van der Waals surface area (Å²) in [5.74, 6) is -0.137. The molecule has 1 amide bonds. The Morgan fingerprint density at radius 2 is 1.65 bits per heavy atom. The van der Waals surface area contributed by atoms with Crippen LogP contribution in [0.1, 0.15) is 21.5 Å². The molecule has 0 spiro atoms. The quantitative estimate of drug-likeness (QED) is 0.0884. The molecule has 43 heavy (non-hydrogen) atoms. The molecule has 9 nitrogen and oxygen atoms in total. The summed E-state index contributed by atoms with van der Waals surface area (Å²) in [4.78, 5) is 27.6. The van der Waals surface area contributed by atoms with Gasteiger partial charge in [0.15, 0.2) is 10.9 Å². The number of benzene rings is 4. The Morgan fingerprint density at radius 3 is 2.30 bits per heavy atom. The monoisotopic (exact) mass is 651 g/mol. The molecule has 0 aliphatic carbocycles. The first-order valence-corrected chi connectivity index (χ1v) is 14.5. The van der Waals surface area contributed by atoms with Gasteiger partial charge in [0.05, 0.1) is 26.9 Å². The number of amides is 1. The number of nitrogens with one attached hydrogen (secondary N) is 2. The van der Waals surface area contributed by atoms with E-state index in [1.165, 1.54) is 29.7 Å². The maximum atomic E-state index is 12.6. The maximum absolute atomic E-state index is 12.6. The van der Waals surface area contributed by atoms with Crippen LogP contribution in [0.4, 0.5) is 16.5 Å². The van der Waals surface area contributed by atoms with E-state index in [1.54, 1.807) is 48.5 Å². The first kappa shape index (κ1) is 30.0. The van der Waals surface area contributed by atoms with Gasteiger partial charge in [0, 0.05) is 39.3 Å². The smallest absolute Gasteiger partial charge is 0.271 e. The number of anilines is 2. The van der Waals surface area contributed by atoms with Gasteiger partial charge < -0.3 is 10.1 Å². The highest BCUT2D eigenvalue weighted by atomic mass is 35.5. The van der Waals surface area contributed by atoms with Crippen molar-refractivity contribution in [1.82, 2.24) is 10.4 Å². The van der Waals surface area contributed by atoms with Crippen LogP contribution >= 0.6 is 46.1 Å². The van der Waals surface area contributed by atoms with E-state index in [-0.39, 0.29) is 28.1 Å². The molecule has 0 bridgehead atoms. The summed E-state index contributed by atoms with van der Waals surface area (Å²) in [6.07, 6.45) is 1.41. The number of halogens is 3. The number of nitrogens with zero attached hydrogens (tertiary/aromatic N) is 3. The van der Waals surface area contributed by atoms with Gasteiger partial charge in [-0.15, -0.1) is 11.3 Å². The lowest BCUT2D eigenvalue weighted by Gasteiger charge is -2.11. The second kappa shape index (κ2) is 13.7. The van der Waals surface area contributed by atoms with E-state index in [0.29, 0.717) is 21.7 Å². The van der Waals surface area contributed by atoms with Crippen molar-refractivity contribution in [2.45, 2.75) is 6.61 Å². The number of hydrogen-bond acceptors (Lipinski definition) is 8. The molecular formula is C30H20Cl3N5O4S. The van der Waals surface area contributed by atoms with Crippen molar-refractivity contribution < 1.29 is 14.5 Å². The number of nitro benzene ring substituents is 1. The lowest BCUT2D eigenvalue weighted by atomic mass is 10.1. The van der Waals surface area contributed by atoms with Gasteiger partial charge in [0.1, 0.15) is 6.61 Å². The molecule has 216 valence electrons. The summed E-state index contributed by atoms with van der Waals surface area (Å²) < 4.78 is 5.72. The molecular weight excluding hydrogens is 633 g/mol. The summed E-state index contributed by atoms with van der Waals surface area (Å²) in [5.41, 5.74) is 6.66. The summed E-state index contributed by atoms with van der Waals surface area (Å²) in [6, 6.07) is 23.5. The molecule has 0 atom stereocenters. The fourth-order valence-corrected chi connectivity index (χ4v) is 5.28. The highest BCUT2D eigenvalue weighted by Crippen LogP contribution is 2.34. The van der Waals surface area contributed by atoms with Gasteiger partial charge in [-0.25, -0.2) is 10.4 Å². The minimum absolute atomic E-state index is 0.0128. The van der Waals surface area contributed by atoms with Crippen LogP contribution in [-0.2, 0) is 6.61 Å². The lowest BCUT2D eigenvalue weighted by Crippen LogP contribution is -2.17. The van der Waals surface area contributed by atoms with Gasteiger partial charge in [-0.1, -0.05) is 46.9 Å². The molecule has 1 aromatic heterocycles. The fourth-order valence-electron chi connectivity index (χ4n) is 3.80. The number of non-ortho nitro benzene ring substituents is 1. The summed E-state index contributed by atoms with van der Waals surface area (Å²) in [5, 5.41) is 21.9. The standard InChI is InChI=1S/C30H20Cl3N5O4S/c31-22-7-9-23(10-8-22)35-30-36-27(17-43-30)20-3-5-21(6-4-20)29(39)37-34-15-19-13-25(32)28(26(33)14-19)42-16-18-1-11-24(12-2-18)38(40)41/h1-15,17H,16H2,(H,35,36)(H,37,39)/b34-15-. The highest BCUT2D eigenvalue weighted by molar-refractivity contribution is 7.14. The third kappa shape index (κ3) is 7.88. The minimum Gasteiger partial charge on any atom is -0.486 e. The van der Waals surface area contributed by atoms with Crippen molar-refractivity contribution in [3.8, 4) is 17.0 Å². The predicted octanol–water partition coefficient (Wildman–Crippen LogP) is 8.77. The Balaban J connectivity index is 1.15. The number of carbonyl (C=O) groups excluding carboxylic acids is 1. The molecule has 0 aliphatic rings. The molecule has 0 radical (unpaired) electrons. The van der Waals surface area contributed by atoms with Crippen molar-refractivity contribution in [2.75, 3.05) is 5.32 Å². The number of rotatable bonds is 10. The van der Waals surface area contributed by atoms with Crippen LogP contribution in [0.25, 0.3) is 11.3 Å². The van der Waals surface area contributed by atoms with E-state index >= 15 is 0 Å². The molecule has 0 unspecified atom stereocenters. The minimum atomic E-state index is -0.473. The Bertz CT molecular complexity index is 1770. The van der Waals surface area contributed by atoms with E-state index in [0.717, 1.165) is 22.1 Å². The number of ether oxygens (including phenoxy) is 1. The van der Waals surface area contributed by atoms with Crippen molar-refractivity contribution in [1.29, 1.82) is 0 Å². The predicted molar refractivity (Wildman–Crippen MR) is 171 cm³/mol. The van der Waals surface area contributed by atoms with Gasteiger partial charge >= 0.3 is 0 Å². The zero-order valence-corrected chi connectivity index (χ0v) is 25.0. The Morgan fingerprint density at radius 1 is 0.977 bits per heavy atom. The zero-order chi connectivity index (χ0) is 30.3. The highest BCUT2D eigenvalue weighted by Gasteiger charge is 2.12. The molecule has 5 rings (SSSR count). The van der Waals surface area contributed by atoms with Crippen LogP contribution in [-0.4, -0.2) is 22.0 Å². The van der Waals surface area contributed by atoms with Gasteiger partial charge in [0.25, 0.3) is 11.6 Å². The maximum Gasteiger partial charge on any atom is 0.271 e. The van der Waals surface area contributed by atoms with Crippen LogP contribution in [0.2, 0.25) is 15.1 Å². The van der Waals surface area contributed by atoms with E-state index in [2.05, 4.69) is 20.8 Å². The summed E-state index contributed by atoms with van der Waals surface area (Å²) in [7, 11) is 0. The van der Waals surface area contributed by atoms with Gasteiger partial charge in [0.2, 0.25) is 0 Å². The zero-order valence-electron chi connectivity index (χ0n) is 22.0. The van der Waals surface area contributed by atoms with Crippen LogP contribution in [0.3, 0.4) is 0 Å². The van der Waals surface area contributed by atoms with Crippen molar-refractivity contribution >= 4 is 74.8 Å². The van der Waals surface area contributed by atoms with Crippen LogP contribution in [0.15, 0.2) is 95.4 Å². The molecule has 13 heteroatoms. The number of hydrogen-bond donors (Lipinski definition) is 2. The normalized spacial score (nSPS) is 11.0. The molecule has 5 aromatic rings.